The standard InChI is InChI=1S/C6H9N3O2/c7-6-8-5(11-9-6)3-10-4-1-2-4/h4H,1-3H2,(H2,7,9). The summed E-state index contributed by atoms with van der Waals surface area (Å²) in [7, 11) is 0. The first kappa shape index (κ1) is 6.60. The number of nitrogen functional groups attached to an aromatic ring is 1. The number of aromatic nitrogens is 2. The molecule has 0 aliphatic heterocycles. The van der Waals surface area contributed by atoms with Gasteiger partial charge in [0.25, 0.3) is 11.8 Å². The zero-order valence-corrected chi connectivity index (χ0v) is 5.99. The van der Waals surface area contributed by atoms with Crippen LogP contribution in [0.2, 0.25) is 0 Å². The summed E-state index contributed by atoms with van der Waals surface area (Å²) in [5.74, 6) is 0.619. The van der Waals surface area contributed by atoms with Crippen LogP contribution >= 0.6 is 0 Å². The van der Waals surface area contributed by atoms with Gasteiger partial charge in [-0.1, -0.05) is 0 Å². The van der Waals surface area contributed by atoms with E-state index in [1.165, 1.54) is 0 Å². The highest BCUT2D eigenvalue weighted by atomic mass is 16.5. The number of nitrogens with two attached hydrogens (primary N) is 1. The molecule has 0 unspecified atom stereocenters. The quantitative estimate of drug-likeness (QED) is 0.680. The Morgan fingerprint density at radius 1 is 1.64 bits per heavy atom. The number of nitrogens with zero attached hydrogens (tertiary/aromatic N) is 2. The first-order valence-electron chi connectivity index (χ1n) is 3.54. The lowest BCUT2D eigenvalue weighted by molar-refractivity contribution is 0.0841. The van der Waals surface area contributed by atoms with E-state index >= 15 is 0 Å². The second kappa shape index (κ2) is 2.50. The van der Waals surface area contributed by atoms with Crippen LogP contribution in [-0.2, 0) is 11.3 Å². The van der Waals surface area contributed by atoms with E-state index in [2.05, 4.69) is 10.1 Å². The predicted molar refractivity (Wildman–Crippen MR) is 36.5 cm³/mol. The van der Waals surface area contributed by atoms with E-state index < -0.39 is 0 Å². The van der Waals surface area contributed by atoms with Crippen molar-refractivity contribution in [2.75, 3.05) is 5.73 Å². The molecule has 0 amide bonds. The predicted octanol–water partition coefficient (Wildman–Crippen LogP) is 0.331. The molecule has 0 radical (unpaired) electrons. The van der Waals surface area contributed by atoms with Gasteiger partial charge in [-0.15, -0.1) is 0 Å². The molecule has 11 heavy (non-hydrogen) atoms. The smallest absolute Gasteiger partial charge is 0.260 e. The van der Waals surface area contributed by atoms with Crippen molar-refractivity contribution >= 4 is 5.95 Å². The highest BCUT2D eigenvalue weighted by molar-refractivity contribution is 5.09. The maximum Gasteiger partial charge on any atom is 0.260 e. The van der Waals surface area contributed by atoms with Crippen molar-refractivity contribution in [2.45, 2.75) is 25.6 Å². The number of ether oxygens (including phenoxy) is 1. The molecule has 5 heteroatoms. The lowest BCUT2D eigenvalue weighted by atomic mass is 10.7. The Hall–Kier alpha value is -1.10. The molecule has 1 fully saturated rings. The van der Waals surface area contributed by atoms with Crippen LogP contribution in [0.25, 0.3) is 0 Å². The van der Waals surface area contributed by atoms with Crippen molar-refractivity contribution < 1.29 is 9.26 Å². The van der Waals surface area contributed by atoms with Gasteiger partial charge in [-0.3, -0.25) is 0 Å². The van der Waals surface area contributed by atoms with E-state index in [9.17, 15) is 0 Å². The van der Waals surface area contributed by atoms with Gasteiger partial charge in [-0.25, -0.2) is 0 Å². The average Bonchev–Trinajstić information content (AvgIpc) is 2.72. The SMILES string of the molecule is Nc1noc(COC2CC2)n1. The summed E-state index contributed by atoms with van der Waals surface area (Å²) in [5, 5.41) is 3.43. The molecule has 0 spiro atoms. The number of rotatable bonds is 3. The molecule has 2 N–H and O–H groups in total. The van der Waals surface area contributed by atoms with Gasteiger partial charge in [0.05, 0.1) is 6.10 Å². The second-order valence-electron chi connectivity index (χ2n) is 2.56. The van der Waals surface area contributed by atoms with Crippen LogP contribution in [0.1, 0.15) is 18.7 Å². The minimum atomic E-state index is 0.166. The van der Waals surface area contributed by atoms with Crippen LogP contribution in [0, 0.1) is 0 Å². The first-order valence-corrected chi connectivity index (χ1v) is 3.54. The maximum atomic E-state index is 5.30. The fourth-order valence-corrected chi connectivity index (χ4v) is 0.751. The van der Waals surface area contributed by atoms with Crippen LogP contribution in [-0.4, -0.2) is 16.2 Å². The second-order valence-corrected chi connectivity index (χ2v) is 2.56. The van der Waals surface area contributed by atoms with E-state index in [0.717, 1.165) is 12.8 Å². The van der Waals surface area contributed by atoms with Crippen LogP contribution in [0.5, 0.6) is 0 Å². The van der Waals surface area contributed by atoms with Crippen LogP contribution in [0.4, 0.5) is 5.95 Å². The van der Waals surface area contributed by atoms with Crippen molar-refractivity contribution in [1.82, 2.24) is 10.1 Å². The molecule has 1 aromatic heterocycles. The molecule has 5 nitrogen and oxygen atoms in total. The molecule has 0 aromatic carbocycles. The molecule has 1 aliphatic carbocycles. The highest BCUT2D eigenvalue weighted by Gasteiger charge is 2.22. The van der Waals surface area contributed by atoms with Gasteiger partial charge >= 0.3 is 0 Å². The summed E-state index contributed by atoms with van der Waals surface area (Å²) < 4.78 is 10.0. The third-order valence-corrected chi connectivity index (χ3v) is 1.45. The van der Waals surface area contributed by atoms with Crippen molar-refractivity contribution in [2.24, 2.45) is 0 Å². The Labute approximate surface area is 63.5 Å². The Balaban J connectivity index is 1.85. The molecule has 1 aliphatic rings. The minimum Gasteiger partial charge on any atom is -0.368 e. The van der Waals surface area contributed by atoms with Crippen molar-refractivity contribution in [3.05, 3.63) is 5.89 Å². The maximum absolute atomic E-state index is 5.30. The third kappa shape index (κ3) is 1.68. The zero-order valence-electron chi connectivity index (χ0n) is 5.99. The summed E-state index contributed by atoms with van der Waals surface area (Å²) in [6, 6.07) is 0. The van der Waals surface area contributed by atoms with E-state index in [4.69, 9.17) is 15.0 Å². The monoisotopic (exact) mass is 155 g/mol. The largest absolute Gasteiger partial charge is 0.368 e. The van der Waals surface area contributed by atoms with Gasteiger partial charge in [0.15, 0.2) is 0 Å². The van der Waals surface area contributed by atoms with Crippen molar-refractivity contribution in [1.29, 1.82) is 0 Å². The molecular formula is C6H9N3O2. The van der Waals surface area contributed by atoms with Crippen LogP contribution < -0.4 is 5.73 Å². The molecule has 0 atom stereocenters. The average molecular weight is 155 g/mol. The summed E-state index contributed by atoms with van der Waals surface area (Å²) >= 11 is 0. The van der Waals surface area contributed by atoms with Gasteiger partial charge < -0.3 is 15.0 Å². The number of hydrogen-bond acceptors (Lipinski definition) is 5. The van der Waals surface area contributed by atoms with E-state index in [1.54, 1.807) is 0 Å². The topological polar surface area (TPSA) is 74.2 Å². The fraction of sp³-hybridized carbons (Fsp3) is 0.667. The molecule has 0 saturated heterocycles. The minimum absolute atomic E-state index is 0.166. The molecule has 1 saturated carbocycles. The molecular weight excluding hydrogens is 146 g/mol. The summed E-state index contributed by atoms with van der Waals surface area (Å²) in [6.07, 6.45) is 2.69. The molecule has 1 aromatic rings. The third-order valence-electron chi connectivity index (χ3n) is 1.45. The molecule has 1 heterocycles. The van der Waals surface area contributed by atoms with Gasteiger partial charge in [0, 0.05) is 0 Å². The summed E-state index contributed by atoms with van der Waals surface area (Å²) in [5.41, 5.74) is 5.23. The molecule has 0 bridgehead atoms. The van der Waals surface area contributed by atoms with Gasteiger partial charge in [0.2, 0.25) is 0 Å². The van der Waals surface area contributed by atoms with E-state index in [0.29, 0.717) is 18.6 Å². The van der Waals surface area contributed by atoms with Gasteiger partial charge in [-0.2, -0.15) is 4.98 Å². The zero-order chi connectivity index (χ0) is 7.68. The number of hydrogen-bond donors (Lipinski definition) is 1. The summed E-state index contributed by atoms with van der Waals surface area (Å²) in [6.45, 7) is 0.384. The fourth-order valence-electron chi connectivity index (χ4n) is 0.751. The normalized spacial score (nSPS) is 17.1. The first-order chi connectivity index (χ1) is 5.34. The van der Waals surface area contributed by atoms with E-state index in [1.807, 2.05) is 0 Å². The van der Waals surface area contributed by atoms with Crippen LogP contribution in [0.15, 0.2) is 4.52 Å². The lowest BCUT2D eigenvalue weighted by Gasteiger charge is -1.93. The molecule has 60 valence electrons. The van der Waals surface area contributed by atoms with Crippen molar-refractivity contribution in [3.63, 3.8) is 0 Å². The molecule has 2 rings (SSSR count). The lowest BCUT2D eigenvalue weighted by Crippen LogP contribution is -1.95. The van der Waals surface area contributed by atoms with E-state index in [-0.39, 0.29) is 5.95 Å². The summed E-state index contributed by atoms with van der Waals surface area (Å²) in [4.78, 5) is 3.79. The van der Waals surface area contributed by atoms with Gasteiger partial charge in [-0.05, 0) is 18.0 Å². The Kier molecular flexibility index (Phi) is 1.50. The Bertz CT molecular complexity index is 244. The van der Waals surface area contributed by atoms with Crippen LogP contribution in [0.3, 0.4) is 0 Å². The number of anilines is 1. The van der Waals surface area contributed by atoms with Gasteiger partial charge in [0.1, 0.15) is 6.61 Å². The van der Waals surface area contributed by atoms with Crippen molar-refractivity contribution in [3.8, 4) is 0 Å². The highest BCUT2D eigenvalue weighted by Crippen LogP contribution is 2.24. The Morgan fingerprint density at radius 3 is 3.00 bits per heavy atom. The Morgan fingerprint density at radius 2 is 2.45 bits per heavy atom.